The number of aliphatic imine (C=N–C) groups is 1. The van der Waals surface area contributed by atoms with Crippen LogP contribution in [0.1, 0.15) is 13.8 Å². The number of hydrogen-bond acceptors (Lipinski definition) is 1. The molecule has 0 amide bonds. The van der Waals surface area contributed by atoms with Crippen molar-refractivity contribution in [2.75, 3.05) is 0 Å². The van der Waals surface area contributed by atoms with Crippen LogP contribution < -0.4 is 5.73 Å². The zero-order chi connectivity index (χ0) is 5.70. The molecule has 0 bridgehead atoms. The number of nitrogens with two attached hydrogens (primary N) is 1. The van der Waals surface area contributed by atoms with Gasteiger partial charge in [0.2, 0.25) is 0 Å². The smallest absolute Gasteiger partial charge is 0.0957 e. The molecule has 7 heavy (non-hydrogen) atoms. The average molecular weight is 98.1 g/mol. The Morgan fingerprint density at radius 1 is 1.71 bits per heavy atom. The Morgan fingerprint density at radius 3 is 2.43 bits per heavy atom. The number of allylic oxidation sites excluding steroid dienone is 1. The van der Waals surface area contributed by atoms with Gasteiger partial charge in [-0.2, -0.15) is 0 Å². The van der Waals surface area contributed by atoms with E-state index in [1.165, 1.54) is 0 Å². The van der Waals surface area contributed by atoms with E-state index in [1.54, 1.807) is 13.1 Å². The van der Waals surface area contributed by atoms with Gasteiger partial charge in [0.1, 0.15) is 0 Å². The van der Waals surface area contributed by atoms with E-state index < -0.39 is 0 Å². The molecular formula is C5H10N2. The molecule has 0 aromatic rings. The van der Waals surface area contributed by atoms with Gasteiger partial charge in [0, 0.05) is 6.20 Å². The summed E-state index contributed by atoms with van der Waals surface area (Å²) in [6, 6.07) is 0. The molecule has 0 aliphatic rings. The molecule has 0 unspecified atom stereocenters. The number of hydrogen-bond donors (Lipinski definition) is 1. The molecule has 0 aromatic heterocycles. The van der Waals surface area contributed by atoms with Crippen molar-refractivity contribution in [3.05, 3.63) is 12.3 Å². The summed E-state index contributed by atoms with van der Waals surface area (Å²) in [4.78, 5) is 3.76. The van der Waals surface area contributed by atoms with E-state index in [0.717, 1.165) is 0 Å². The van der Waals surface area contributed by atoms with E-state index in [1.807, 2.05) is 13.0 Å². The summed E-state index contributed by atoms with van der Waals surface area (Å²) in [6.45, 7) is 3.65. The third kappa shape index (κ3) is 5.21. The molecule has 2 heteroatoms. The first-order valence-corrected chi connectivity index (χ1v) is 2.18. The fourth-order valence-electron chi connectivity index (χ4n) is 0.192. The van der Waals surface area contributed by atoms with Crippen LogP contribution in [0, 0.1) is 0 Å². The molecule has 0 heterocycles. The predicted octanol–water partition coefficient (Wildman–Crippen LogP) is 0.897. The molecule has 0 rings (SSSR count). The monoisotopic (exact) mass is 98.1 g/mol. The zero-order valence-electron chi connectivity index (χ0n) is 4.68. The van der Waals surface area contributed by atoms with Gasteiger partial charge in [-0.3, -0.25) is 0 Å². The highest BCUT2D eigenvalue weighted by Gasteiger charge is 1.66. The Labute approximate surface area is 43.7 Å². The van der Waals surface area contributed by atoms with E-state index in [-0.39, 0.29) is 0 Å². The van der Waals surface area contributed by atoms with E-state index >= 15 is 0 Å². The SMILES string of the molecule is C/C=C/N=C(C)N. The Morgan fingerprint density at radius 2 is 2.29 bits per heavy atom. The Bertz CT molecular complexity index is 88.3. The van der Waals surface area contributed by atoms with Crippen molar-refractivity contribution < 1.29 is 0 Å². The minimum absolute atomic E-state index is 0.595. The summed E-state index contributed by atoms with van der Waals surface area (Å²) in [5, 5.41) is 0. The summed E-state index contributed by atoms with van der Waals surface area (Å²) in [5.41, 5.74) is 5.18. The maximum Gasteiger partial charge on any atom is 0.0957 e. The van der Waals surface area contributed by atoms with Crippen LogP contribution in [0.2, 0.25) is 0 Å². The summed E-state index contributed by atoms with van der Waals surface area (Å²) in [7, 11) is 0. The van der Waals surface area contributed by atoms with Gasteiger partial charge in [-0.05, 0) is 13.8 Å². The van der Waals surface area contributed by atoms with Crippen LogP contribution in [0.15, 0.2) is 17.3 Å². The second-order valence-corrected chi connectivity index (χ2v) is 1.25. The molecule has 40 valence electrons. The van der Waals surface area contributed by atoms with Gasteiger partial charge < -0.3 is 5.73 Å². The molecule has 0 atom stereocenters. The van der Waals surface area contributed by atoms with Crippen LogP contribution in [-0.2, 0) is 0 Å². The second kappa shape index (κ2) is 3.40. The Hall–Kier alpha value is -0.790. The van der Waals surface area contributed by atoms with Crippen molar-refractivity contribution in [2.24, 2.45) is 10.7 Å². The van der Waals surface area contributed by atoms with Gasteiger partial charge in [0.25, 0.3) is 0 Å². The van der Waals surface area contributed by atoms with E-state index in [4.69, 9.17) is 5.73 Å². The van der Waals surface area contributed by atoms with Crippen LogP contribution >= 0.6 is 0 Å². The lowest BCUT2D eigenvalue weighted by Crippen LogP contribution is -2.03. The van der Waals surface area contributed by atoms with Gasteiger partial charge >= 0.3 is 0 Å². The van der Waals surface area contributed by atoms with Crippen molar-refractivity contribution in [1.29, 1.82) is 0 Å². The van der Waals surface area contributed by atoms with Crippen LogP contribution in [0.5, 0.6) is 0 Å². The maximum absolute atomic E-state index is 5.18. The highest BCUT2D eigenvalue weighted by molar-refractivity contribution is 5.77. The maximum atomic E-state index is 5.18. The molecule has 0 saturated heterocycles. The van der Waals surface area contributed by atoms with Crippen molar-refractivity contribution in [1.82, 2.24) is 0 Å². The molecule has 0 aliphatic heterocycles. The Balaban J connectivity index is 3.46. The first kappa shape index (κ1) is 6.21. The minimum Gasteiger partial charge on any atom is -0.387 e. The molecule has 0 fully saturated rings. The Kier molecular flexibility index (Phi) is 3.02. The van der Waals surface area contributed by atoms with Crippen LogP contribution in [-0.4, -0.2) is 5.84 Å². The molecule has 0 aliphatic carbocycles. The van der Waals surface area contributed by atoms with Crippen molar-refractivity contribution in [2.45, 2.75) is 13.8 Å². The van der Waals surface area contributed by atoms with E-state index in [0.29, 0.717) is 5.84 Å². The summed E-state index contributed by atoms with van der Waals surface area (Å²) >= 11 is 0. The molecule has 0 radical (unpaired) electrons. The molecule has 2 nitrogen and oxygen atoms in total. The third-order valence-corrected chi connectivity index (χ3v) is 0.427. The molecule has 2 N–H and O–H groups in total. The fourth-order valence-corrected chi connectivity index (χ4v) is 0.192. The van der Waals surface area contributed by atoms with E-state index in [2.05, 4.69) is 4.99 Å². The third-order valence-electron chi connectivity index (χ3n) is 0.427. The van der Waals surface area contributed by atoms with E-state index in [9.17, 15) is 0 Å². The predicted molar refractivity (Wildman–Crippen MR) is 32.1 cm³/mol. The van der Waals surface area contributed by atoms with Crippen LogP contribution in [0.4, 0.5) is 0 Å². The van der Waals surface area contributed by atoms with Crippen LogP contribution in [0.25, 0.3) is 0 Å². The first-order chi connectivity index (χ1) is 3.27. The van der Waals surface area contributed by atoms with Gasteiger partial charge in [-0.1, -0.05) is 6.08 Å². The topological polar surface area (TPSA) is 38.4 Å². The lowest BCUT2D eigenvalue weighted by atomic mass is 10.7. The second-order valence-electron chi connectivity index (χ2n) is 1.25. The lowest BCUT2D eigenvalue weighted by Gasteiger charge is -1.79. The highest BCUT2D eigenvalue weighted by atomic mass is 14.8. The van der Waals surface area contributed by atoms with Crippen LogP contribution in [0.3, 0.4) is 0 Å². The van der Waals surface area contributed by atoms with Gasteiger partial charge in [0.15, 0.2) is 0 Å². The average Bonchev–Trinajstić information content (AvgIpc) is 1.61. The van der Waals surface area contributed by atoms with Crippen molar-refractivity contribution in [3.8, 4) is 0 Å². The van der Waals surface area contributed by atoms with Crippen molar-refractivity contribution in [3.63, 3.8) is 0 Å². The number of rotatable bonds is 1. The minimum atomic E-state index is 0.595. The fraction of sp³-hybridized carbons (Fsp3) is 0.400. The summed E-state index contributed by atoms with van der Waals surface area (Å²) in [6.07, 6.45) is 3.49. The standard InChI is InChI=1S/C5H10N2/c1-3-4-7-5(2)6/h3-4H,1-2H3,(H2,6,7)/b4-3+. The largest absolute Gasteiger partial charge is 0.387 e. The van der Waals surface area contributed by atoms with Gasteiger partial charge in [-0.15, -0.1) is 0 Å². The van der Waals surface area contributed by atoms with Gasteiger partial charge in [-0.25, -0.2) is 4.99 Å². The first-order valence-electron chi connectivity index (χ1n) is 2.18. The lowest BCUT2D eigenvalue weighted by molar-refractivity contribution is 1.45. The molecule has 0 saturated carbocycles. The molecule has 0 aromatic carbocycles. The molecule has 0 spiro atoms. The summed E-state index contributed by atoms with van der Waals surface area (Å²) < 4.78 is 0. The highest BCUT2D eigenvalue weighted by Crippen LogP contribution is 1.71. The van der Waals surface area contributed by atoms with Gasteiger partial charge in [0.05, 0.1) is 5.84 Å². The zero-order valence-corrected chi connectivity index (χ0v) is 4.68. The quantitative estimate of drug-likeness (QED) is 0.384. The molecular weight excluding hydrogens is 88.1 g/mol. The summed E-state index contributed by atoms with van der Waals surface area (Å²) in [5.74, 6) is 0.595. The number of nitrogens with zero attached hydrogens (tertiary/aromatic N) is 1. The normalized spacial score (nSPS) is 13.1. The number of amidine groups is 1. The van der Waals surface area contributed by atoms with Crippen molar-refractivity contribution >= 4 is 5.84 Å².